The lowest BCUT2D eigenvalue weighted by Gasteiger charge is -2.33. The second-order valence-corrected chi connectivity index (χ2v) is 6.69. The number of anilines is 1. The van der Waals surface area contributed by atoms with Gasteiger partial charge in [-0.05, 0) is 44.1 Å². The average Bonchev–Trinajstić information content (AvgIpc) is 3.25. The molecule has 0 aromatic carbocycles. The fourth-order valence-electron chi connectivity index (χ4n) is 3.25. The SMILES string of the molecule is COCCOc1ccc(NC(=O)NCC(c2ccco2)N2CCCCC2)cn1. The van der Waals surface area contributed by atoms with E-state index in [0.717, 1.165) is 18.8 Å². The van der Waals surface area contributed by atoms with Crippen molar-refractivity contribution < 1.29 is 18.7 Å². The molecule has 3 heterocycles. The lowest BCUT2D eigenvalue weighted by Crippen LogP contribution is -2.41. The Labute approximate surface area is 165 Å². The maximum Gasteiger partial charge on any atom is 0.319 e. The molecule has 1 unspecified atom stereocenters. The molecule has 1 aliphatic heterocycles. The van der Waals surface area contributed by atoms with Gasteiger partial charge in [0.25, 0.3) is 0 Å². The van der Waals surface area contributed by atoms with Crippen molar-refractivity contribution in [2.45, 2.75) is 25.3 Å². The number of ether oxygens (including phenoxy) is 2. The van der Waals surface area contributed by atoms with Gasteiger partial charge in [-0.3, -0.25) is 4.90 Å². The molecule has 8 nitrogen and oxygen atoms in total. The van der Waals surface area contributed by atoms with Gasteiger partial charge in [0, 0.05) is 19.7 Å². The molecule has 0 spiro atoms. The van der Waals surface area contributed by atoms with Gasteiger partial charge in [-0.25, -0.2) is 9.78 Å². The third-order valence-electron chi connectivity index (χ3n) is 4.69. The van der Waals surface area contributed by atoms with Crippen molar-refractivity contribution in [1.82, 2.24) is 15.2 Å². The number of rotatable bonds is 9. The summed E-state index contributed by atoms with van der Waals surface area (Å²) in [6.45, 7) is 3.44. The fourth-order valence-corrected chi connectivity index (χ4v) is 3.25. The zero-order chi connectivity index (χ0) is 19.6. The zero-order valence-electron chi connectivity index (χ0n) is 16.2. The number of amides is 2. The molecule has 2 aromatic heterocycles. The van der Waals surface area contributed by atoms with Crippen molar-refractivity contribution in [3.63, 3.8) is 0 Å². The first-order chi connectivity index (χ1) is 13.8. The molecule has 8 heteroatoms. The molecule has 0 aliphatic carbocycles. The van der Waals surface area contributed by atoms with Crippen LogP contribution in [-0.2, 0) is 4.74 Å². The summed E-state index contributed by atoms with van der Waals surface area (Å²) in [6, 6.07) is 7.08. The van der Waals surface area contributed by atoms with E-state index in [-0.39, 0.29) is 12.1 Å². The van der Waals surface area contributed by atoms with Crippen molar-refractivity contribution >= 4 is 11.7 Å². The normalized spacial score (nSPS) is 15.8. The topological polar surface area (TPSA) is 88.9 Å². The number of piperidine rings is 1. The van der Waals surface area contributed by atoms with E-state index in [2.05, 4.69) is 20.5 Å². The molecule has 2 aromatic rings. The predicted molar refractivity (Wildman–Crippen MR) is 106 cm³/mol. The summed E-state index contributed by atoms with van der Waals surface area (Å²) < 4.78 is 15.9. The molecule has 3 rings (SSSR count). The van der Waals surface area contributed by atoms with Gasteiger partial charge in [0.2, 0.25) is 5.88 Å². The van der Waals surface area contributed by atoms with Crippen LogP contribution in [0.25, 0.3) is 0 Å². The molecule has 0 bridgehead atoms. The molecule has 1 atom stereocenters. The third kappa shape index (κ3) is 5.97. The minimum atomic E-state index is -0.275. The molecule has 2 amide bonds. The minimum absolute atomic E-state index is 0.0377. The van der Waals surface area contributed by atoms with E-state index in [4.69, 9.17) is 13.9 Å². The Morgan fingerprint density at radius 3 is 2.79 bits per heavy atom. The number of aromatic nitrogens is 1. The summed E-state index contributed by atoms with van der Waals surface area (Å²) in [4.78, 5) is 18.9. The van der Waals surface area contributed by atoms with Crippen molar-refractivity contribution in [3.8, 4) is 5.88 Å². The van der Waals surface area contributed by atoms with Gasteiger partial charge in [0.05, 0.1) is 30.8 Å². The number of carbonyl (C=O) groups excluding carboxylic acids is 1. The summed E-state index contributed by atoms with van der Waals surface area (Å²) in [5.41, 5.74) is 0.601. The smallest absolute Gasteiger partial charge is 0.319 e. The highest BCUT2D eigenvalue weighted by atomic mass is 16.5. The molecule has 28 heavy (non-hydrogen) atoms. The molecule has 1 fully saturated rings. The Morgan fingerprint density at radius 2 is 2.11 bits per heavy atom. The van der Waals surface area contributed by atoms with Gasteiger partial charge >= 0.3 is 6.03 Å². The molecule has 1 saturated heterocycles. The van der Waals surface area contributed by atoms with Crippen LogP contribution < -0.4 is 15.4 Å². The van der Waals surface area contributed by atoms with E-state index in [1.54, 1.807) is 31.7 Å². The summed E-state index contributed by atoms with van der Waals surface area (Å²) in [5.74, 6) is 1.37. The Morgan fingerprint density at radius 1 is 1.25 bits per heavy atom. The second-order valence-electron chi connectivity index (χ2n) is 6.69. The van der Waals surface area contributed by atoms with E-state index in [0.29, 0.717) is 31.3 Å². The molecule has 0 radical (unpaired) electrons. The van der Waals surface area contributed by atoms with Gasteiger partial charge in [0.15, 0.2) is 0 Å². The highest BCUT2D eigenvalue weighted by Gasteiger charge is 2.24. The Balaban J connectivity index is 1.50. The number of hydrogen-bond donors (Lipinski definition) is 2. The standard InChI is InChI=1S/C20H28N4O4/c1-26-12-13-28-19-8-7-16(14-21-19)23-20(25)22-15-17(18-6-5-11-27-18)24-9-3-2-4-10-24/h5-8,11,14,17H,2-4,9-10,12-13,15H2,1H3,(H2,22,23,25). The maximum absolute atomic E-state index is 12.3. The molecule has 152 valence electrons. The fraction of sp³-hybridized carbons (Fsp3) is 0.500. The van der Waals surface area contributed by atoms with Crippen LogP contribution in [0.3, 0.4) is 0 Å². The third-order valence-corrected chi connectivity index (χ3v) is 4.69. The molecular weight excluding hydrogens is 360 g/mol. The van der Waals surface area contributed by atoms with Crippen LogP contribution in [-0.4, -0.2) is 55.9 Å². The van der Waals surface area contributed by atoms with Gasteiger partial charge in [0.1, 0.15) is 12.4 Å². The molecule has 1 aliphatic rings. The van der Waals surface area contributed by atoms with Crippen LogP contribution in [0, 0.1) is 0 Å². The first-order valence-corrected chi connectivity index (χ1v) is 9.66. The van der Waals surface area contributed by atoms with E-state index >= 15 is 0 Å². The van der Waals surface area contributed by atoms with Gasteiger partial charge in [-0.1, -0.05) is 6.42 Å². The number of furan rings is 1. The van der Waals surface area contributed by atoms with Crippen LogP contribution in [0.1, 0.15) is 31.1 Å². The van der Waals surface area contributed by atoms with Crippen molar-refractivity contribution in [2.24, 2.45) is 0 Å². The van der Waals surface area contributed by atoms with Gasteiger partial charge in [-0.2, -0.15) is 0 Å². The summed E-state index contributed by atoms with van der Waals surface area (Å²) in [5, 5.41) is 5.74. The highest BCUT2D eigenvalue weighted by molar-refractivity contribution is 5.89. The first kappa shape index (κ1) is 20.2. The lowest BCUT2D eigenvalue weighted by atomic mass is 10.1. The number of hydrogen-bond acceptors (Lipinski definition) is 6. The maximum atomic E-state index is 12.3. The van der Waals surface area contributed by atoms with Crippen molar-refractivity contribution in [2.75, 3.05) is 45.3 Å². The number of urea groups is 1. The Bertz CT molecular complexity index is 700. The van der Waals surface area contributed by atoms with Crippen LogP contribution in [0.4, 0.5) is 10.5 Å². The van der Waals surface area contributed by atoms with E-state index in [1.165, 1.54) is 19.3 Å². The molecular formula is C20H28N4O4. The van der Waals surface area contributed by atoms with E-state index in [1.807, 2.05) is 12.1 Å². The largest absolute Gasteiger partial charge is 0.475 e. The number of carbonyl (C=O) groups is 1. The summed E-state index contributed by atoms with van der Waals surface area (Å²) in [6.07, 6.45) is 6.85. The average molecular weight is 388 g/mol. The Hall–Kier alpha value is -2.58. The van der Waals surface area contributed by atoms with Crippen LogP contribution in [0.5, 0.6) is 5.88 Å². The van der Waals surface area contributed by atoms with Gasteiger partial charge < -0.3 is 24.5 Å². The summed E-state index contributed by atoms with van der Waals surface area (Å²) >= 11 is 0. The van der Waals surface area contributed by atoms with E-state index < -0.39 is 0 Å². The number of pyridine rings is 1. The highest BCUT2D eigenvalue weighted by Crippen LogP contribution is 2.24. The number of likely N-dealkylation sites (tertiary alicyclic amines) is 1. The molecule has 0 saturated carbocycles. The van der Waals surface area contributed by atoms with Crippen LogP contribution in [0.15, 0.2) is 41.1 Å². The van der Waals surface area contributed by atoms with Crippen LogP contribution >= 0.6 is 0 Å². The van der Waals surface area contributed by atoms with E-state index in [9.17, 15) is 4.79 Å². The Kier molecular flexibility index (Phi) is 7.69. The van der Waals surface area contributed by atoms with Gasteiger partial charge in [-0.15, -0.1) is 0 Å². The summed E-state index contributed by atoms with van der Waals surface area (Å²) in [7, 11) is 1.62. The second kappa shape index (κ2) is 10.7. The number of methoxy groups -OCH3 is 1. The zero-order valence-corrected chi connectivity index (χ0v) is 16.2. The predicted octanol–water partition coefficient (Wildman–Crippen LogP) is 3.05. The van der Waals surface area contributed by atoms with Crippen molar-refractivity contribution in [3.05, 3.63) is 42.5 Å². The number of nitrogens with zero attached hydrogens (tertiary/aromatic N) is 2. The minimum Gasteiger partial charge on any atom is -0.475 e. The van der Waals surface area contributed by atoms with Crippen molar-refractivity contribution in [1.29, 1.82) is 0 Å². The molecule has 2 N–H and O–H groups in total. The first-order valence-electron chi connectivity index (χ1n) is 9.66. The monoisotopic (exact) mass is 388 g/mol. The number of nitrogens with one attached hydrogen (secondary N) is 2. The quantitative estimate of drug-likeness (QED) is 0.642. The van der Waals surface area contributed by atoms with Crippen LogP contribution in [0.2, 0.25) is 0 Å². The lowest BCUT2D eigenvalue weighted by molar-refractivity contribution is 0.143.